The normalized spacial score (nSPS) is 34.2. The van der Waals surface area contributed by atoms with Crippen molar-refractivity contribution in [2.45, 2.75) is 58.0 Å². The predicted octanol–water partition coefficient (Wildman–Crippen LogP) is 2.06. The van der Waals surface area contributed by atoms with Gasteiger partial charge in [0.15, 0.2) is 0 Å². The third-order valence-corrected chi connectivity index (χ3v) is 3.71. The summed E-state index contributed by atoms with van der Waals surface area (Å²) in [6.07, 6.45) is 6.47. The van der Waals surface area contributed by atoms with Crippen LogP contribution < -0.4 is 5.73 Å². The SMILES string of the molecule is CC1(C)CCCCCC1(O)CCN. The van der Waals surface area contributed by atoms with Crippen LogP contribution in [0.4, 0.5) is 0 Å². The fourth-order valence-corrected chi connectivity index (χ4v) is 2.43. The quantitative estimate of drug-likeness (QED) is 0.647. The Balaban J connectivity index is 2.75. The molecule has 0 aromatic carbocycles. The Bertz CT molecular complexity index is 167. The molecule has 78 valence electrons. The lowest BCUT2D eigenvalue weighted by atomic mass is 9.70. The molecule has 1 aliphatic carbocycles. The van der Waals surface area contributed by atoms with Crippen molar-refractivity contribution in [3.05, 3.63) is 0 Å². The van der Waals surface area contributed by atoms with Crippen LogP contribution in [0.25, 0.3) is 0 Å². The van der Waals surface area contributed by atoms with Crippen molar-refractivity contribution in [1.29, 1.82) is 0 Å². The standard InChI is InChI=1S/C11H23NO/c1-10(2)6-4-3-5-7-11(10,13)8-9-12/h13H,3-9,12H2,1-2H3. The number of hydrogen-bond acceptors (Lipinski definition) is 2. The topological polar surface area (TPSA) is 46.2 Å². The molecule has 1 rings (SSSR count). The zero-order valence-corrected chi connectivity index (χ0v) is 8.97. The Hall–Kier alpha value is -0.0800. The summed E-state index contributed by atoms with van der Waals surface area (Å²) < 4.78 is 0. The Morgan fingerprint density at radius 3 is 2.38 bits per heavy atom. The first kappa shape index (κ1) is 11.0. The molecule has 0 radical (unpaired) electrons. The van der Waals surface area contributed by atoms with Gasteiger partial charge in [-0.1, -0.05) is 33.1 Å². The molecule has 0 aromatic rings. The maximum Gasteiger partial charge on any atom is 0.0710 e. The lowest BCUT2D eigenvalue weighted by Gasteiger charge is -2.41. The second-order valence-corrected chi connectivity index (χ2v) is 5.01. The maximum atomic E-state index is 10.5. The van der Waals surface area contributed by atoms with E-state index in [0.29, 0.717) is 6.54 Å². The van der Waals surface area contributed by atoms with Gasteiger partial charge in [-0.3, -0.25) is 0 Å². The van der Waals surface area contributed by atoms with Crippen molar-refractivity contribution in [1.82, 2.24) is 0 Å². The third-order valence-electron chi connectivity index (χ3n) is 3.71. The van der Waals surface area contributed by atoms with Crippen molar-refractivity contribution >= 4 is 0 Å². The summed E-state index contributed by atoms with van der Waals surface area (Å²) in [4.78, 5) is 0. The van der Waals surface area contributed by atoms with Gasteiger partial charge in [0, 0.05) is 0 Å². The van der Waals surface area contributed by atoms with Gasteiger partial charge in [0.05, 0.1) is 5.60 Å². The van der Waals surface area contributed by atoms with Crippen LogP contribution in [-0.4, -0.2) is 17.3 Å². The number of nitrogens with two attached hydrogens (primary N) is 1. The summed E-state index contributed by atoms with van der Waals surface area (Å²) in [6, 6.07) is 0. The predicted molar refractivity (Wildman–Crippen MR) is 55.5 cm³/mol. The van der Waals surface area contributed by atoms with Crippen molar-refractivity contribution in [3.8, 4) is 0 Å². The van der Waals surface area contributed by atoms with Crippen LogP contribution in [0.5, 0.6) is 0 Å². The summed E-state index contributed by atoms with van der Waals surface area (Å²) in [5.41, 5.74) is 5.09. The first-order chi connectivity index (χ1) is 6.02. The van der Waals surface area contributed by atoms with E-state index in [-0.39, 0.29) is 5.41 Å². The molecule has 1 atom stereocenters. The molecular formula is C11H23NO. The van der Waals surface area contributed by atoms with Gasteiger partial charge in [0.2, 0.25) is 0 Å². The third kappa shape index (κ3) is 2.23. The minimum atomic E-state index is -0.516. The van der Waals surface area contributed by atoms with Gasteiger partial charge in [-0.25, -0.2) is 0 Å². The molecule has 1 unspecified atom stereocenters. The Labute approximate surface area is 81.5 Å². The Kier molecular flexibility index (Phi) is 3.36. The second-order valence-electron chi connectivity index (χ2n) is 5.01. The van der Waals surface area contributed by atoms with Crippen LogP contribution in [0.3, 0.4) is 0 Å². The monoisotopic (exact) mass is 185 g/mol. The number of hydrogen-bond donors (Lipinski definition) is 2. The van der Waals surface area contributed by atoms with Crippen LogP contribution in [0.1, 0.15) is 52.4 Å². The minimum absolute atomic E-state index is 0.0445. The highest BCUT2D eigenvalue weighted by molar-refractivity contribution is 4.94. The highest BCUT2D eigenvalue weighted by Crippen LogP contribution is 2.43. The highest BCUT2D eigenvalue weighted by Gasteiger charge is 2.42. The highest BCUT2D eigenvalue weighted by atomic mass is 16.3. The molecule has 1 fully saturated rings. The number of aliphatic hydroxyl groups is 1. The second kappa shape index (κ2) is 3.97. The van der Waals surface area contributed by atoms with Crippen LogP contribution in [0.15, 0.2) is 0 Å². The van der Waals surface area contributed by atoms with Gasteiger partial charge in [-0.15, -0.1) is 0 Å². The van der Waals surface area contributed by atoms with Gasteiger partial charge in [-0.2, -0.15) is 0 Å². The smallest absolute Gasteiger partial charge is 0.0710 e. The zero-order chi connectivity index (χ0) is 9.95. The van der Waals surface area contributed by atoms with Crippen molar-refractivity contribution in [3.63, 3.8) is 0 Å². The van der Waals surface area contributed by atoms with E-state index in [0.717, 1.165) is 25.7 Å². The average molecular weight is 185 g/mol. The van der Waals surface area contributed by atoms with Crippen molar-refractivity contribution in [2.75, 3.05) is 6.54 Å². The first-order valence-corrected chi connectivity index (χ1v) is 5.44. The van der Waals surface area contributed by atoms with Gasteiger partial charge < -0.3 is 10.8 Å². The van der Waals surface area contributed by atoms with E-state index in [1.54, 1.807) is 0 Å². The molecule has 0 aliphatic heterocycles. The fourth-order valence-electron chi connectivity index (χ4n) is 2.43. The van der Waals surface area contributed by atoms with E-state index in [1.807, 2.05) is 0 Å². The van der Waals surface area contributed by atoms with Crippen molar-refractivity contribution < 1.29 is 5.11 Å². The van der Waals surface area contributed by atoms with E-state index in [9.17, 15) is 5.11 Å². The average Bonchev–Trinajstić information content (AvgIpc) is 2.14. The molecule has 13 heavy (non-hydrogen) atoms. The molecule has 0 spiro atoms. The molecule has 0 bridgehead atoms. The summed E-state index contributed by atoms with van der Waals surface area (Å²) in [5, 5.41) is 10.5. The van der Waals surface area contributed by atoms with Gasteiger partial charge in [-0.05, 0) is 31.2 Å². The first-order valence-electron chi connectivity index (χ1n) is 5.44. The summed E-state index contributed by atoms with van der Waals surface area (Å²) >= 11 is 0. The van der Waals surface area contributed by atoms with Crippen LogP contribution in [-0.2, 0) is 0 Å². The molecule has 0 saturated heterocycles. The van der Waals surface area contributed by atoms with Crippen LogP contribution in [0.2, 0.25) is 0 Å². The largest absolute Gasteiger partial charge is 0.389 e. The minimum Gasteiger partial charge on any atom is -0.389 e. The van der Waals surface area contributed by atoms with E-state index in [1.165, 1.54) is 12.8 Å². The number of rotatable bonds is 2. The van der Waals surface area contributed by atoms with E-state index >= 15 is 0 Å². The Morgan fingerprint density at radius 2 is 1.77 bits per heavy atom. The van der Waals surface area contributed by atoms with Crippen molar-refractivity contribution in [2.24, 2.45) is 11.1 Å². The summed E-state index contributed by atoms with van der Waals surface area (Å²) in [6.45, 7) is 4.95. The molecule has 0 aromatic heterocycles. The molecule has 2 nitrogen and oxygen atoms in total. The molecule has 0 heterocycles. The van der Waals surface area contributed by atoms with E-state index in [2.05, 4.69) is 13.8 Å². The van der Waals surface area contributed by atoms with Crippen LogP contribution >= 0.6 is 0 Å². The van der Waals surface area contributed by atoms with E-state index in [4.69, 9.17) is 5.73 Å². The van der Waals surface area contributed by atoms with Gasteiger partial charge >= 0.3 is 0 Å². The van der Waals surface area contributed by atoms with Gasteiger partial charge in [0.1, 0.15) is 0 Å². The molecule has 3 N–H and O–H groups in total. The molecule has 0 amide bonds. The summed E-state index contributed by atoms with van der Waals surface area (Å²) in [5.74, 6) is 0. The maximum absolute atomic E-state index is 10.5. The molecule has 2 heteroatoms. The van der Waals surface area contributed by atoms with E-state index < -0.39 is 5.60 Å². The lowest BCUT2D eigenvalue weighted by Crippen LogP contribution is -2.45. The molecule has 1 aliphatic rings. The van der Waals surface area contributed by atoms with Gasteiger partial charge in [0.25, 0.3) is 0 Å². The lowest BCUT2D eigenvalue weighted by molar-refractivity contribution is -0.0767. The fraction of sp³-hybridized carbons (Fsp3) is 1.00. The summed E-state index contributed by atoms with van der Waals surface area (Å²) in [7, 11) is 0. The molecule has 1 saturated carbocycles. The zero-order valence-electron chi connectivity index (χ0n) is 8.97. The Morgan fingerprint density at radius 1 is 1.15 bits per heavy atom. The molecular weight excluding hydrogens is 162 g/mol. The van der Waals surface area contributed by atoms with Crippen LogP contribution in [0, 0.1) is 5.41 Å².